The van der Waals surface area contributed by atoms with E-state index >= 15 is 0 Å². The lowest BCUT2D eigenvalue weighted by molar-refractivity contribution is 0.0923. The number of nitrogens with one attached hydrogen (secondary N) is 2. The summed E-state index contributed by atoms with van der Waals surface area (Å²) in [6.45, 7) is 0.530. The summed E-state index contributed by atoms with van der Waals surface area (Å²) in [6, 6.07) is 10.1. The summed E-state index contributed by atoms with van der Waals surface area (Å²) in [7, 11) is 1.56. The highest BCUT2D eigenvalue weighted by molar-refractivity contribution is 5.99. The van der Waals surface area contributed by atoms with Gasteiger partial charge >= 0.3 is 0 Å². The second-order valence-corrected chi connectivity index (χ2v) is 5.21. The third kappa shape index (κ3) is 3.15. The SMILES string of the molecule is CNC(=O)c1cccc(C(=O)NC2CCOc3cccnc32)c1. The van der Waals surface area contributed by atoms with Gasteiger partial charge in [-0.15, -0.1) is 0 Å². The fourth-order valence-corrected chi connectivity index (χ4v) is 2.54. The Bertz CT molecular complexity index is 745. The van der Waals surface area contributed by atoms with Crippen LogP contribution >= 0.6 is 0 Å². The molecule has 23 heavy (non-hydrogen) atoms. The first kappa shape index (κ1) is 15.0. The van der Waals surface area contributed by atoms with Gasteiger partial charge in [-0.2, -0.15) is 0 Å². The topological polar surface area (TPSA) is 80.3 Å². The number of amides is 2. The van der Waals surface area contributed by atoms with Crippen LogP contribution in [0, 0.1) is 0 Å². The molecule has 2 N–H and O–H groups in total. The van der Waals surface area contributed by atoms with Crippen molar-refractivity contribution >= 4 is 11.8 Å². The van der Waals surface area contributed by atoms with Crippen LogP contribution in [0.2, 0.25) is 0 Å². The van der Waals surface area contributed by atoms with Crippen molar-refractivity contribution in [3.05, 3.63) is 59.4 Å². The van der Waals surface area contributed by atoms with Crippen LogP contribution in [0.5, 0.6) is 5.75 Å². The summed E-state index contributed by atoms with van der Waals surface area (Å²) in [5.41, 5.74) is 1.62. The molecule has 0 radical (unpaired) electrons. The van der Waals surface area contributed by atoms with E-state index in [-0.39, 0.29) is 17.9 Å². The highest BCUT2D eigenvalue weighted by atomic mass is 16.5. The molecule has 1 aromatic carbocycles. The number of benzene rings is 1. The van der Waals surface area contributed by atoms with Gasteiger partial charge in [0.25, 0.3) is 11.8 Å². The van der Waals surface area contributed by atoms with Gasteiger partial charge in [0, 0.05) is 30.8 Å². The van der Waals surface area contributed by atoms with Crippen molar-refractivity contribution in [2.24, 2.45) is 0 Å². The second kappa shape index (κ2) is 6.48. The molecule has 0 aliphatic carbocycles. The molecule has 1 aromatic heterocycles. The summed E-state index contributed by atoms with van der Waals surface area (Å²) in [6.07, 6.45) is 2.34. The van der Waals surface area contributed by atoms with E-state index in [9.17, 15) is 9.59 Å². The van der Waals surface area contributed by atoms with E-state index in [0.29, 0.717) is 29.9 Å². The molecule has 0 bridgehead atoms. The third-order valence-electron chi connectivity index (χ3n) is 3.71. The van der Waals surface area contributed by atoms with Gasteiger partial charge in [0.15, 0.2) is 0 Å². The van der Waals surface area contributed by atoms with E-state index in [0.717, 1.165) is 5.69 Å². The van der Waals surface area contributed by atoms with E-state index in [4.69, 9.17) is 4.74 Å². The van der Waals surface area contributed by atoms with Crippen molar-refractivity contribution in [1.29, 1.82) is 0 Å². The first-order valence-electron chi connectivity index (χ1n) is 7.40. The Hall–Kier alpha value is -2.89. The predicted molar refractivity (Wildman–Crippen MR) is 84.4 cm³/mol. The maximum absolute atomic E-state index is 12.5. The minimum atomic E-state index is -0.237. The van der Waals surface area contributed by atoms with E-state index in [1.807, 2.05) is 6.07 Å². The molecular weight excluding hydrogens is 294 g/mol. The Balaban J connectivity index is 1.79. The van der Waals surface area contributed by atoms with Crippen LogP contribution in [-0.2, 0) is 0 Å². The minimum absolute atomic E-state index is 0.198. The van der Waals surface area contributed by atoms with Crippen LogP contribution in [0.4, 0.5) is 0 Å². The van der Waals surface area contributed by atoms with Gasteiger partial charge in [0.2, 0.25) is 0 Å². The number of ether oxygens (including phenoxy) is 1. The zero-order valence-corrected chi connectivity index (χ0v) is 12.7. The Morgan fingerprint density at radius 3 is 2.74 bits per heavy atom. The number of fused-ring (bicyclic) bond motifs is 1. The smallest absolute Gasteiger partial charge is 0.251 e. The Morgan fingerprint density at radius 2 is 1.96 bits per heavy atom. The quantitative estimate of drug-likeness (QED) is 0.904. The van der Waals surface area contributed by atoms with Crippen LogP contribution in [0.3, 0.4) is 0 Å². The minimum Gasteiger partial charge on any atom is -0.491 e. The van der Waals surface area contributed by atoms with Crippen molar-refractivity contribution in [2.45, 2.75) is 12.5 Å². The van der Waals surface area contributed by atoms with E-state index in [2.05, 4.69) is 15.6 Å². The number of carbonyl (C=O) groups is 2. The third-order valence-corrected chi connectivity index (χ3v) is 3.71. The second-order valence-electron chi connectivity index (χ2n) is 5.21. The maximum Gasteiger partial charge on any atom is 0.251 e. The van der Waals surface area contributed by atoms with Gasteiger partial charge in [0.1, 0.15) is 11.4 Å². The fraction of sp³-hybridized carbons (Fsp3) is 0.235. The highest BCUT2D eigenvalue weighted by Crippen LogP contribution is 2.29. The number of hydrogen-bond acceptors (Lipinski definition) is 4. The molecule has 0 saturated carbocycles. The Morgan fingerprint density at radius 1 is 1.17 bits per heavy atom. The van der Waals surface area contributed by atoms with Gasteiger partial charge in [-0.25, -0.2) is 0 Å². The van der Waals surface area contributed by atoms with Crippen molar-refractivity contribution in [1.82, 2.24) is 15.6 Å². The molecule has 0 saturated heterocycles. The molecule has 6 heteroatoms. The van der Waals surface area contributed by atoms with Gasteiger partial charge in [-0.05, 0) is 30.3 Å². The summed E-state index contributed by atoms with van der Waals surface area (Å²) in [5, 5.41) is 5.51. The van der Waals surface area contributed by atoms with Crippen molar-refractivity contribution in [3.63, 3.8) is 0 Å². The van der Waals surface area contributed by atoms with Crippen molar-refractivity contribution < 1.29 is 14.3 Å². The van der Waals surface area contributed by atoms with Crippen molar-refractivity contribution in [3.8, 4) is 5.75 Å². The van der Waals surface area contributed by atoms with E-state index < -0.39 is 0 Å². The number of aromatic nitrogens is 1. The molecule has 3 rings (SSSR count). The molecule has 0 spiro atoms. The van der Waals surface area contributed by atoms with Crippen LogP contribution in [0.15, 0.2) is 42.6 Å². The fourth-order valence-electron chi connectivity index (χ4n) is 2.54. The van der Waals surface area contributed by atoms with Crippen LogP contribution in [-0.4, -0.2) is 30.5 Å². The summed E-state index contributed by atoms with van der Waals surface area (Å²) < 4.78 is 5.54. The lowest BCUT2D eigenvalue weighted by Gasteiger charge is -2.25. The standard InChI is InChI=1S/C17H17N3O3/c1-18-16(21)11-4-2-5-12(10-11)17(22)20-13-7-9-23-14-6-3-8-19-15(13)14/h2-6,8,10,13H,7,9H2,1H3,(H,18,21)(H,20,22). The largest absolute Gasteiger partial charge is 0.491 e. The molecule has 6 nitrogen and oxygen atoms in total. The molecule has 2 heterocycles. The average Bonchev–Trinajstić information content (AvgIpc) is 2.61. The van der Waals surface area contributed by atoms with Crippen LogP contribution in [0.25, 0.3) is 0 Å². The van der Waals surface area contributed by atoms with Crippen LogP contribution < -0.4 is 15.4 Å². The molecular formula is C17H17N3O3. The molecule has 1 aliphatic rings. The Labute approximate surface area is 133 Å². The molecule has 2 aromatic rings. The predicted octanol–water partition coefficient (Wildman–Crippen LogP) is 1.69. The number of nitrogens with zero attached hydrogens (tertiary/aromatic N) is 1. The molecule has 1 aliphatic heterocycles. The number of hydrogen-bond donors (Lipinski definition) is 2. The molecule has 2 amide bonds. The first-order chi connectivity index (χ1) is 11.2. The normalized spacial score (nSPS) is 16.0. The van der Waals surface area contributed by atoms with Gasteiger partial charge in [-0.1, -0.05) is 6.07 Å². The first-order valence-corrected chi connectivity index (χ1v) is 7.40. The van der Waals surface area contributed by atoms with Crippen LogP contribution in [0.1, 0.15) is 38.9 Å². The zero-order chi connectivity index (χ0) is 16.2. The summed E-state index contributed by atoms with van der Waals surface area (Å²) >= 11 is 0. The number of pyridine rings is 1. The Kier molecular flexibility index (Phi) is 4.23. The van der Waals surface area contributed by atoms with Gasteiger partial charge in [-0.3, -0.25) is 14.6 Å². The summed E-state index contributed by atoms with van der Waals surface area (Å²) in [4.78, 5) is 28.4. The monoisotopic (exact) mass is 311 g/mol. The van der Waals surface area contributed by atoms with Crippen molar-refractivity contribution in [2.75, 3.05) is 13.7 Å². The molecule has 0 fully saturated rings. The molecule has 1 atom stereocenters. The number of rotatable bonds is 3. The van der Waals surface area contributed by atoms with E-state index in [1.165, 1.54) is 0 Å². The lowest BCUT2D eigenvalue weighted by Crippen LogP contribution is -2.33. The number of carbonyl (C=O) groups excluding carboxylic acids is 2. The lowest BCUT2D eigenvalue weighted by atomic mass is 10.0. The zero-order valence-electron chi connectivity index (χ0n) is 12.7. The highest BCUT2D eigenvalue weighted by Gasteiger charge is 2.24. The van der Waals surface area contributed by atoms with E-state index in [1.54, 1.807) is 43.6 Å². The van der Waals surface area contributed by atoms with Gasteiger partial charge < -0.3 is 15.4 Å². The maximum atomic E-state index is 12.5. The molecule has 118 valence electrons. The summed E-state index contributed by atoms with van der Waals surface area (Å²) in [5.74, 6) is 0.236. The van der Waals surface area contributed by atoms with Gasteiger partial charge in [0.05, 0.1) is 12.6 Å². The molecule has 1 unspecified atom stereocenters. The average molecular weight is 311 g/mol.